The van der Waals surface area contributed by atoms with Gasteiger partial charge in [0.25, 0.3) is 0 Å². The third kappa shape index (κ3) is 5.04. The highest BCUT2D eigenvalue weighted by Crippen LogP contribution is 2.44. The third-order valence-electron chi connectivity index (χ3n) is 5.57. The maximum absolute atomic E-state index is 13.1. The molecule has 0 saturated carbocycles. The summed E-state index contributed by atoms with van der Waals surface area (Å²) in [5, 5.41) is 13.0. The Balaban J connectivity index is 2.27. The molecule has 0 saturated heterocycles. The number of hydrogen-bond acceptors (Lipinski definition) is 8. The standard InChI is InChI=1S/C26H25ClN4O5/c1-4-8-20(32)30-19-12-11-16(13-18(19)27)31-23(26(34)36-3)22(25(33)35-2)21(17(14-28)24(31)29)15-9-6-5-7-10-15/h5-7,9-13,21H,4,8,29H2,1-3H3,(H,30,32). The van der Waals surface area contributed by atoms with Gasteiger partial charge >= 0.3 is 11.9 Å². The van der Waals surface area contributed by atoms with E-state index >= 15 is 0 Å². The fourth-order valence-corrected chi connectivity index (χ4v) is 4.19. The minimum absolute atomic E-state index is 0.0331. The van der Waals surface area contributed by atoms with E-state index in [1.54, 1.807) is 42.5 Å². The Labute approximate surface area is 213 Å². The van der Waals surface area contributed by atoms with Crippen LogP contribution in [0.5, 0.6) is 0 Å². The molecule has 0 spiro atoms. The van der Waals surface area contributed by atoms with E-state index in [1.165, 1.54) is 25.2 Å². The number of nitrogens with two attached hydrogens (primary N) is 1. The van der Waals surface area contributed by atoms with Crippen molar-refractivity contribution in [3.05, 3.63) is 81.8 Å². The van der Waals surface area contributed by atoms with Crippen LogP contribution in [0.2, 0.25) is 5.02 Å². The van der Waals surface area contributed by atoms with Crippen molar-refractivity contribution in [3.8, 4) is 6.07 Å². The first-order valence-corrected chi connectivity index (χ1v) is 11.4. The van der Waals surface area contributed by atoms with Gasteiger partial charge < -0.3 is 20.5 Å². The normalized spacial score (nSPS) is 15.3. The summed E-state index contributed by atoms with van der Waals surface area (Å²) in [6.07, 6.45) is 0.990. The average Bonchev–Trinajstić information content (AvgIpc) is 2.88. The van der Waals surface area contributed by atoms with Gasteiger partial charge in [0.1, 0.15) is 11.5 Å². The molecule has 1 amide bonds. The molecule has 0 aromatic heterocycles. The quantitative estimate of drug-likeness (QED) is 0.536. The van der Waals surface area contributed by atoms with E-state index in [1.807, 2.05) is 6.92 Å². The van der Waals surface area contributed by atoms with Crippen LogP contribution in [0.4, 0.5) is 11.4 Å². The molecule has 0 fully saturated rings. The number of halogens is 1. The second kappa shape index (κ2) is 11.4. The lowest BCUT2D eigenvalue weighted by molar-refractivity contribution is -0.139. The smallest absolute Gasteiger partial charge is 0.355 e. The topological polar surface area (TPSA) is 135 Å². The van der Waals surface area contributed by atoms with E-state index < -0.39 is 17.9 Å². The van der Waals surface area contributed by atoms with Gasteiger partial charge in [-0.2, -0.15) is 5.26 Å². The number of esters is 2. The van der Waals surface area contributed by atoms with Gasteiger partial charge in [-0.05, 0) is 30.2 Å². The summed E-state index contributed by atoms with van der Waals surface area (Å²) in [5.41, 5.74) is 7.36. The third-order valence-corrected chi connectivity index (χ3v) is 5.89. The fourth-order valence-electron chi connectivity index (χ4n) is 3.97. The molecule has 3 rings (SSSR count). The molecule has 3 N–H and O–H groups in total. The Kier molecular flexibility index (Phi) is 8.35. The zero-order chi connectivity index (χ0) is 26.4. The maximum Gasteiger partial charge on any atom is 0.355 e. The molecule has 0 radical (unpaired) electrons. The Morgan fingerprint density at radius 2 is 1.78 bits per heavy atom. The molecular weight excluding hydrogens is 484 g/mol. The number of allylic oxidation sites excluding steroid dienone is 1. The van der Waals surface area contributed by atoms with Crippen molar-refractivity contribution in [1.82, 2.24) is 0 Å². The Bertz CT molecular complexity index is 1300. The second-order valence-corrected chi connectivity index (χ2v) is 8.20. The van der Waals surface area contributed by atoms with Crippen molar-refractivity contribution in [2.75, 3.05) is 24.4 Å². The molecule has 1 aliphatic rings. The number of ether oxygens (including phenoxy) is 2. The summed E-state index contributed by atoms with van der Waals surface area (Å²) >= 11 is 6.44. The number of benzene rings is 2. The van der Waals surface area contributed by atoms with E-state index in [0.29, 0.717) is 24.1 Å². The van der Waals surface area contributed by atoms with Crippen molar-refractivity contribution in [3.63, 3.8) is 0 Å². The van der Waals surface area contributed by atoms with Crippen LogP contribution in [0.15, 0.2) is 71.2 Å². The second-order valence-electron chi connectivity index (χ2n) is 7.80. The fraction of sp³-hybridized carbons (Fsp3) is 0.231. The Hall–Kier alpha value is -4.29. The van der Waals surface area contributed by atoms with Crippen molar-refractivity contribution < 1.29 is 23.9 Å². The summed E-state index contributed by atoms with van der Waals surface area (Å²) in [7, 11) is 2.34. The number of anilines is 2. The number of nitriles is 1. The van der Waals surface area contributed by atoms with Crippen LogP contribution in [-0.2, 0) is 23.9 Å². The van der Waals surface area contributed by atoms with Crippen molar-refractivity contribution in [2.45, 2.75) is 25.7 Å². The molecule has 0 aliphatic carbocycles. The molecule has 1 unspecified atom stereocenters. The molecule has 1 aliphatic heterocycles. The largest absolute Gasteiger partial charge is 0.466 e. The number of rotatable bonds is 7. The van der Waals surface area contributed by atoms with Crippen LogP contribution in [-0.4, -0.2) is 32.1 Å². The minimum atomic E-state index is -0.975. The molecule has 1 atom stereocenters. The van der Waals surface area contributed by atoms with Crippen molar-refractivity contribution in [2.24, 2.45) is 5.73 Å². The number of amides is 1. The van der Waals surface area contributed by atoms with Gasteiger partial charge in [0, 0.05) is 12.1 Å². The molecule has 2 aromatic rings. The first-order valence-electron chi connectivity index (χ1n) is 11.0. The van der Waals surface area contributed by atoms with E-state index in [-0.39, 0.29) is 39.3 Å². The van der Waals surface area contributed by atoms with Crippen LogP contribution in [0.25, 0.3) is 0 Å². The lowest BCUT2D eigenvalue weighted by atomic mass is 9.81. The average molecular weight is 509 g/mol. The number of carbonyl (C=O) groups excluding carboxylic acids is 3. The van der Waals surface area contributed by atoms with Crippen molar-refractivity contribution >= 4 is 40.8 Å². The lowest BCUT2D eigenvalue weighted by Gasteiger charge is -2.36. The number of hydrogen-bond donors (Lipinski definition) is 2. The van der Waals surface area contributed by atoms with Gasteiger partial charge in [0.2, 0.25) is 5.91 Å². The van der Waals surface area contributed by atoms with Crippen LogP contribution in [0.1, 0.15) is 31.2 Å². The van der Waals surface area contributed by atoms with E-state index in [0.717, 1.165) is 0 Å². The van der Waals surface area contributed by atoms with Gasteiger partial charge in [-0.1, -0.05) is 48.9 Å². The lowest BCUT2D eigenvalue weighted by Crippen LogP contribution is -2.40. The summed E-state index contributed by atoms with van der Waals surface area (Å²) in [5.74, 6) is -2.96. The highest BCUT2D eigenvalue weighted by molar-refractivity contribution is 6.34. The number of nitrogens with one attached hydrogen (secondary N) is 1. The predicted molar refractivity (Wildman–Crippen MR) is 135 cm³/mol. The van der Waals surface area contributed by atoms with E-state index in [2.05, 4.69) is 11.4 Å². The predicted octanol–water partition coefficient (Wildman–Crippen LogP) is 3.98. The molecule has 36 heavy (non-hydrogen) atoms. The Morgan fingerprint density at radius 1 is 1.11 bits per heavy atom. The van der Waals surface area contributed by atoms with Gasteiger partial charge in [-0.15, -0.1) is 0 Å². The van der Waals surface area contributed by atoms with E-state index in [9.17, 15) is 19.6 Å². The number of methoxy groups -OCH3 is 2. The highest BCUT2D eigenvalue weighted by Gasteiger charge is 2.43. The molecule has 9 nitrogen and oxygen atoms in total. The molecule has 1 heterocycles. The summed E-state index contributed by atoms with van der Waals surface area (Å²) < 4.78 is 10.0. The van der Waals surface area contributed by atoms with Gasteiger partial charge in [0.05, 0.1) is 48.1 Å². The summed E-state index contributed by atoms with van der Waals surface area (Å²) in [6.45, 7) is 1.88. The first kappa shape index (κ1) is 26.3. The summed E-state index contributed by atoms with van der Waals surface area (Å²) in [6, 6.07) is 15.3. The highest BCUT2D eigenvalue weighted by atomic mass is 35.5. The number of carbonyl (C=O) groups is 3. The molecule has 186 valence electrons. The SMILES string of the molecule is CCCC(=O)Nc1ccc(N2C(N)=C(C#N)C(c3ccccc3)C(C(=O)OC)=C2C(=O)OC)cc1Cl. The number of nitrogens with zero attached hydrogens (tertiary/aromatic N) is 2. The first-order chi connectivity index (χ1) is 17.3. The zero-order valence-corrected chi connectivity index (χ0v) is 20.8. The van der Waals surface area contributed by atoms with Crippen LogP contribution in [0, 0.1) is 11.3 Å². The van der Waals surface area contributed by atoms with Gasteiger partial charge in [-0.25, -0.2) is 9.59 Å². The minimum Gasteiger partial charge on any atom is -0.466 e. The van der Waals surface area contributed by atoms with Crippen LogP contribution >= 0.6 is 11.6 Å². The zero-order valence-electron chi connectivity index (χ0n) is 20.0. The van der Waals surface area contributed by atoms with E-state index in [4.69, 9.17) is 26.8 Å². The van der Waals surface area contributed by atoms with Gasteiger partial charge in [0.15, 0.2) is 0 Å². The Morgan fingerprint density at radius 3 is 2.33 bits per heavy atom. The molecular formula is C26H25ClN4O5. The van der Waals surface area contributed by atoms with Gasteiger partial charge in [-0.3, -0.25) is 9.69 Å². The summed E-state index contributed by atoms with van der Waals surface area (Å²) in [4.78, 5) is 39.4. The van der Waals surface area contributed by atoms with Crippen LogP contribution in [0.3, 0.4) is 0 Å². The molecule has 2 aromatic carbocycles. The molecule has 0 bridgehead atoms. The monoisotopic (exact) mass is 508 g/mol. The maximum atomic E-state index is 13.1. The van der Waals surface area contributed by atoms with Crippen molar-refractivity contribution in [1.29, 1.82) is 5.26 Å². The molecule has 10 heteroatoms. The van der Waals surface area contributed by atoms with Crippen LogP contribution < -0.4 is 16.0 Å².